The molecule has 8 heteroatoms. The largest absolute Gasteiger partial charge is 0.469 e. The highest BCUT2D eigenvalue weighted by atomic mass is 32.2. The maximum Gasteiger partial charge on any atom is 0.243 e. The zero-order valence-electron chi connectivity index (χ0n) is 11.0. The zero-order chi connectivity index (χ0) is 15.5. The van der Waals surface area contributed by atoms with E-state index in [0.717, 1.165) is 12.1 Å². The van der Waals surface area contributed by atoms with Gasteiger partial charge in [-0.3, -0.25) is 0 Å². The minimum atomic E-state index is -4.16. The first-order valence-corrected chi connectivity index (χ1v) is 7.62. The summed E-state index contributed by atoms with van der Waals surface area (Å²) in [4.78, 5) is -0.748. The molecule has 0 atom stereocenters. The van der Waals surface area contributed by atoms with Crippen LogP contribution in [-0.2, 0) is 23.0 Å². The lowest BCUT2D eigenvalue weighted by Gasteiger charge is -2.09. The van der Waals surface area contributed by atoms with Gasteiger partial charge in [0, 0.05) is 19.5 Å². The third-order valence-electron chi connectivity index (χ3n) is 2.82. The summed E-state index contributed by atoms with van der Waals surface area (Å²) in [6.45, 7) is -0.0874. The van der Waals surface area contributed by atoms with Gasteiger partial charge in [-0.2, -0.15) is 0 Å². The summed E-state index contributed by atoms with van der Waals surface area (Å²) in [6, 6.07) is 5.25. The predicted molar refractivity (Wildman–Crippen MR) is 71.8 cm³/mol. The van der Waals surface area contributed by atoms with Crippen molar-refractivity contribution in [2.75, 3.05) is 6.54 Å². The molecule has 0 aliphatic carbocycles. The summed E-state index contributed by atoms with van der Waals surface area (Å²) < 4.78 is 58.3. The van der Waals surface area contributed by atoms with Crippen LogP contribution in [-0.4, -0.2) is 15.0 Å². The minimum absolute atomic E-state index is 0.00373. The van der Waals surface area contributed by atoms with Crippen molar-refractivity contribution in [3.8, 4) is 0 Å². The minimum Gasteiger partial charge on any atom is -0.469 e. The Labute approximate surface area is 120 Å². The molecule has 114 valence electrons. The second-order valence-electron chi connectivity index (χ2n) is 4.32. The predicted octanol–water partition coefficient (Wildman–Crippen LogP) is 1.54. The molecule has 0 aliphatic heterocycles. The van der Waals surface area contributed by atoms with Gasteiger partial charge >= 0.3 is 0 Å². The SMILES string of the molecule is NCc1cc(F)c(F)c(S(=O)(=O)NCCc2ccco2)c1. The number of nitrogens with one attached hydrogen (secondary N) is 1. The van der Waals surface area contributed by atoms with Crippen molar-refractivity contribution in [2.24, 2.45) is 5.73 Å². The number of benzene rings is 1. The van der Waals surface area contributed by atoms with Crippen LogP contribution < -0.4 is 10.5 Å². The van der Waals surface area contributed by atoms with Crippen LogP contribution in [0.4, 0.5) is 8.78 Å². The fourth-order valence-corrected chi connectivity index (χ4v) is 2.94. The number of halogens is 2. The van der Waals surface area contributed by atoms with Crippen LogP contribution in [0.2, 0.25) is 0 Å². The third-order valence-corrected chi connectivity index (χ3v) is 4.28. The Bertz CT molecular complexity index is 715. The second-order valence-corrected chi connectivity index (χ2v) is 6.06. The zero-order valence-corrected chi connectivity index (χ0v) is 11.8. The van der Waals surface area contributed by atoms with E-state index in [9.17, 15) is 17.2 Å². The van der Waals surface area contributed by atoms with Crippen LogP contribution in [0.25, 0.3) is 0 Å². The van der Waals surface area contributed by atoms with Crippen LogP contribution in [0.5, 0.6) is 0 Å². The number of sulfonamides is 1. The van der Waals surface area contributed by atoms with Crippen LogP contribution in [0, 0.1) is 11.6 Å². The molecule has 0 saturated heterocycles. The van der Waals surface area contributed by atoms with Crippen molar-refractivity contribution in [1.82, 2.24) is 4.72 Å². The number of hydrogen-bond acceptors (Lipinski definition) is 4. The topological polar surface area (TPSA) is 85.3 Å². The molecule has 21 heavy (non-hydrogen) atoms. The summed E-state index contributed by atoms with van der Waals surface area (Å²) in [5.74, 6) is -2.08. The van der Waals surface area contributed by atoms with E-state index >= 15 is 0 Å². The fraction of sp³-hybridized carbons (Fsp3) is 0.231. The standard InChI is InChI=1S/C13H14F2N2O3S/c14-11-6-9(8-16)7-12(13(11)15)21(18,19)17-4-3-10-2-1-5-20-10/h1-2,5-7,17H,3-4,8,16H2. The van der Waals surface area contributed by atoms with Crippen molar-refractivity contribution in [3.63, 3.8) is 0 Å². The number of nitrogens with two attached hydrogens (primary N) is 1. The summed E-state index contributed by atoms with van der Waals surface area (Å²) in [7, 11) is -4.16. The molecule has 0 bridgehead atoms. The summed E-state index contributed by atoms with van der Waals surface area (Å²) in [5, 5.41) is 0. The highest BCUT2D eigenvalue weighted by Gasteiger charge is 2.22. The Morgan fingerprint density at radius 1 is 1.29 bits per heavy atom. The van der Waals surface area contributed by atoms with E-state index < -0.39 is 26.6 Å². The lowest BCUT2D eigenvalue weighted by Crippen LogP contribution is -2.27. The van der Waals surface area contributed by atoms with E-state index in [4.69, 9.17) is 10.2 Å². The average Bonchev–Trinajstić information content (AvgIpc) is 2.94. The molecule has 2 rings (SSSR count). The van der Waals surface area contributed by atoms with Crippen LogP contribution >= 0.6 is 0 Å². The number of hydrogen-bond donors (Lipinski definition) is 2. The Morgan fingerprint density at radius 3 is 2.67 bits per heavy atom. The molecular weight excluding hydrogens is 302 g/mol. The maximum atomic E-state index is 13.7. The van der Waals surface area contributed by atoms with Gasteiger partial charge in [-0.15, -0.1) is 0 Å². The van der Waals surface area contributed by atoms with Gasteiger partial charge in [0.2, 0.25) is 10.0 Å². The molecule has 0 saturated carbocycles. The lowest BCUT2D eigenvalue weighted by atomic mass is 10.2. The van der Waals surface area contributed by atoms with Crippen molar-refractivity contribution < 1.29 is 21.6 Å². The number of furan rings is 1. The van der Waals surface area contributed by atoms with E-state index in [1.165, 1.54) is 6.26 Å². The smallest absolute Gasteiger partial charge is 0.243 e. The normalized spacial score (nSPS) is 11.8. The first-order chi connectivity index (χ1) is 9.94. The third kappa shape index (κ3) is 3.66. The van der Waals surface area contributed by atoms with Crippen LogP contribution in [0.1, 0.15) is 11.3 Å². The maximum absolute atomic E-state index is 13.7. The monoisotopic (exact) mass is 316 g/mol. The Hall–Kier alpha value is -1.77. The molecule has 0 amide bonds. The van der Waals surface area contributed by atoms with Crippen LogP contribution in [0.15, 0.2) is 39.8 Å². The van der Waals surface area contributed by atoms with E-state index in [1.54, 1.807) is 12.1 Å². The Kier molecular flexibility index (Phi) is 4.71. The van der Waals surface area contributed by atoms with Crippen molar-refractivity contribution in [1.29, 1.82) is 0 Å². The molecule has 0 aliphatic rings. The van der Waals surface area contributed by atoms with Gasteiger partial charge in [-0.05, 0) is 29.8 Å². The van der Waals surface area contributed by atoms with E-state index in [1.807, 2.05) is 0 Å². The first-order valence-electron chi connectivity index (χ1n) is 6.14. The van der Waals surface area contributed by atoms with E-state index in [-0.39, 0.29) is 18.7 Å². The first kappa shape index (κ1) is 15.6. The molecule has 2 aromatic rings. The van der Waals surface area contributed by atoms with Gasteiger partial charge < -0.3 is 10.2 Å². The van der Waals surface area contributed by atoms with E-state index in [2.05, 4.69) is 4.72 Å². The Balaban J connectivity index is 2.17. The van der Waals surface area contributed by atoms with Gasteiger partial charge in [0.1, 0.15) is 10.7 Å². The van der Waals surface area contributed by atoms with Gasteiger partial charge in [0.25, 0.3) is 0 Å². The molecule has 1 aromatic carbocycles. The molecule has 0 fully saturated rings. The average molecular weight is 316 g/mol. The molecule has 0 spiro atoms. The fourth-order valence-electron chi connectivity index (χ4n) is 1.77. The molecule has 0 unspecified atom stereocenters. The molecule has 1 aromatic heterocycles. The summed E-state index contributed by atoms with van der Waals surface area (Å²) in [6.07, 6.45) is 1.76. The van der Waals surface area contributed by atoms with Crippen molar-refractivity contribution in [2.45, 2.75) is 17.9 Å². The highest BCUT2D eigenvalue weighted by Crippen LogP contribution is 2.19. The molecular formula is C13H14F2N2O3S. The van der Waals surface area contributed by atoms with Gasteiger partial charge in [-0.25, -0.2) is 21.9 Å². The highest BCUT2D eigenvalue weighted by molar-refractivity contribution is 7.89. The van der Waals surface area contributed by atoms with E-state index in [0.29, 0.717) is 12.2 Å². The molecule has 5 nitrogen and oxygen atoms in total. The van der Waals surface area contributed by atoms with Crippen molar-refractivity contribution in [3.05, 3.63) is 53.5 Å². The second kappa shape index (κ2) is 6.33. The molecule has 3 N–H and O–H groups in total. The summed E-state index contributed by atoms with van der Waals surface area (Å²) in [5.41, 5.74) is 5.52. The molecule has 1 heterocycles. The quantitative estimate of drug-likeness (QED) is 0.846. The molecule has 0 radical (unpaired) electrons. The van der Waals surface area contributed by atoms with Gasteiger partial charge in [0.05, 0.1) is 6.26 Å². The van der Waals surface area contributed by atoms with Gasteiger partial charge in [0.15, 0.2) is 11.6 Å². The lowest BCUT2D eigenvalue weighted by molar-refractivity contribution is 0.480. The Morgan fingerprint density at radius 2 is 2.05 bits per heavy atom. The number of rotatable bonds is 6. The van der Waals surface area contributed by atoms with Gasteiger partial charge in [-0.1, -0.05) is 0 Å². The van der Waals surface area contributed by atoms with Crippen LogP contribution in [0.3, 0.4) is 0 Å². The summed E-state index contributed by atoms with van der Waals surface area (Å²) >= 11 is 0. The van der Waals surface area contributed by atoms with Crippen molar-refractivity contribution >= 4 is 10.0 Å².